The van der Waals surface area contributed by atoms with Crippen molar-refractivity contribution in [3.8, 4) is 0 Å². The monoisotopic (exact) mass is 386 g/mol. The second-order valence-corrected chi connectivity index (χ2v) is 8.28. The van der Waals surface area contributed by atoms with Crippen molar-refractivity contribution >= 4 is 28.2 Å². The Morgan fingerprint density at radius 3 is 2.69 bits per heavy atom. The van der Waals surface area contributed by atoms with Crippen LogP contribution in [-0.4, -0.2) is 30.9 Å². The molecule has 7 heteroatoms. The van der Waals surface area contributed by atoms with Gasteiger partial charge in [0.1, 0.15) is 11.3 Å². The SMILES string of the molecule is Cc1ncc(C2=CCC3C(=C2)N(c2ccc4nnn(C)c4c2)C(=O)C3(C)C)cn1. The molecule has 0 radical (unpaired) electrons. The molecular formula is C22H22N6O. The third-order valence-corrected chi connectivity index (χ3v) is 6.08. The van der Waals surface area contributed by atoms with Gasteiger partial charge in [-0.1, -0.05) is 25.1 Å². The summed E-state index contributed by atoms with van der Waals surface area (Å²) in [6, 6.07) is 5.85. The lowest BCUT2D eigenvalue weighted by Crippen LogP contribution is -2.31. The van der Waals surface area contributed by atoms with Crippen LogP contribution in [0.25, 0.3) is 16.6 Å². The number of carbonyl (C=O) groups is 1. The summed E-state index contributed by atoms with van der Waals surface area (Å²) in [6.07, 6.45) is 8.78. The summed E-state index contributed by atoms with van der Waals surface area (Å²) in [5.41, 5.74) is 5.12. The summed E-state index contributed by atoms with van der Waals surface area (Å²) >= 11 is 0. The zero-order valence-electron chi connectivity index (χ0n) is 16.9. The Labute approximate surface area is 168 Å². The Bertz CT molecular complexity index is 1200. The van der Waals surface area contributed by atoms with Gasteiger partial charge in [-0.3, -0.25) is 9.69 Å². The third-order valence-electron chi connectivity index (χ3n) is 6.08. The number of hydrogen-bond acceptors (Lipinski definition) is 5. The van der Waals surface area contributed by atoms with Crippen LogP contribution in [0.4, 0.5) is 5.69 Å². The first-order chi connectivity index (χ1) is 13.9. The molecule has 1 unspecified atom stereocenters. The van der Waals surface area contributed by atoms with Crippen molar-refractivity contribution in [2.75, 3.05) is 4.90 Å². The van der Waals surface area contributed by atoms with Gasteiger partial charge >= 0.3 is 0 Å². The highest BCUT2D eigenvalue weighted by Crippen LogP contribution is 2.50. The second-order valence-electron chi connectivity index (χ2n) is 8.28. The molecule has 3 aromatic rings. The maximum atomic E-state index is 13.4. The highest BCUT2D eigenvalue weighted by atomic mass is 16.2. The lowest BCUT2D eigenvalue weighted by molar-refractivity contribution is -0.125. The number of aryl methyl sites for hydroxylation is 2. The van der Waals surface area contributed by atoms with Crippen molar-refractivity contribution in [1.29, 1.82) is 0 Å². The molecule has 2 aromatic heterocycles. The fraction of sp³-hybridized carbons (Fsp3) is 0.318. The van der Waals surface area contributed by atoms with E-state index in [9.17, 15) is 4.79 Å². The number of fused-ring (bicyclic) bond motifs is 2. The van der Waals surface area contributed by atoms with Crippen LogP contribution in [0.2, 0.25) is 0 Å². The summed E-state index contributed by atoms with van der Waals surface area (Å²) in [6.45, 7) is 5.94. The molecule has 7 nitrogen and oxygen atoms in total. The Morgan fingerprint density at radius 2 is 1.93 bits per heavy atom. The van der Waals surface area contributed by atoms with E-state index in [1.54, 1.807) is 4.68 Å². The normalized spacial score (nSPS) is 20.6. The summed E-state index contributed by atoms with van der Waals surface area (Å²) in [7, 11) is 1.86. The molecule has 29 heavy (non-hydrogen) atoms. The lowest BCUT2D eigenvalue weighted by Gasteiger charge is -2.26. The zero-order valence-corrected chi connectivity index (χ0v) is 16.9. The third kappa shape index (κ3) is 2.61. The first-order valence-corrected chi connectivity index (χ1v) is 9.71. The van der Waals surface area contributed by atoms with Gasteiger partial charge in [0, 0.05) is 36.6 Å². The fourth-order valence-corrected chi connectivity index (χ4v) is 4.29. The maximum absolute atomic E-state index is 13.4. The average Bonchev–Trinajstić information content (AvgIpc) is 3.17. The van der Waals surface area contributed by atoms with E-state index in [-0.39, 0.29) is 11.8 Å². The number of allylic oxidation sites excluding steroid dienone is 4. The number of hydrogen-bond donors (Lipinski definition) is 0. The Morgan fingerprint density at radius 1 is 1.17 bits per heavy atom. The summed E-state index contributed by atoms with van der Waals surface area (Å²) in [4.78, 5) is 23.9. The van der Waals surface area contributed by atoms with Crippen LogP contribution in [0.3, 0.4) is 0 Å². The van der Waals surface area contributed by atoms with Gasteiger partial charge in [0.25, 0.3) is 0 Å². The number of carbonyl (C=O) groups excluding carboxylic acids is 1. The molecule has 1 fully saturated rings. The molecular weight excluding hydrogens is 364 g/mol. The van der Waals surface area contributed by atoms with E-state index in [2.05, 4.69) is 32.4 Å². The second kappa shape index (κ2) is 6.07. The first-order valence-electron chi connectivity index (χ1n) is 9.71. The highest BCUT2D eigenvalue weighted by Gasteiger charge is 2.51. The van der Waals surface area contributed by atoms with Gasteiger partial charge in [-0.2, -0.15) is 0 Å². The van der Waals surface area contributed by atoms with E-state index in [4.69, 9.17) is 0 Å². The minimum absolute atomic E-state index is 0.109. The molecule has 1 amide bonds. The average molecular weight is 386 g/mol. The standard InChI is InChI=1S/C22H22N6O/c1-13-23-11-15(12-24-13)14-5-7-17-19(9-14)28(21(29)22(17,2)3)16-6-8-18-20(10-16)27(4)26-25-18/h5-6,8-12,17H,7H2,1-4H3. The fourth-order valence-electron chi connectivity index (χ4n) is 4.29. The van der Waals surface area contributed by atoms with E-state index in [0.717, 1.165) is 45.8 Å². The quantitative estimate of drug-likeness (QED) is 0.674. The van der Waals surface area contributed by atoms with Crippen molar-refractivity contribution in [2.24, 2.45) is 18.4 Å². The number of anilines is 1. The van der Waals surface area contributed by atoms with Crippen molar-refractivity contribution in [3.63, 3.8) is 0 Å². The molecule has 1 aliphatic carbocycles. The molecule has 3 heterocycles. The van der Waals surface area contributed by atoms with E-state index >= 15 is 0 Å². The molecule has 0 N–H and O–H groups in total. The number of nitrogens with zero attached hydrogens (tertiary/aromatic N) is 6. The first kappa shape index (κ1) is 17.7. The van der Waals surface area contributed by atoms with Gasteiger partial charge in [-0.05, 0) is 43.2 Å². The van der Waals surface area contributed by atoms with Gasteiger partial charge in [0.05, 0.1) is 16.6 Å². The Hall–Kier alpha value is -3.35. The molecule has 1 saturated heterocycles. The number of aromatic nitrogens is 5. The largest absolute Gasteiger partial charge is 0.284 e. The van der Waals surface area contributed by atoms with Gasteiger partial charge in [-0.25, -0.2) is 14.6 Å². The van der Waals surface area contributed by atoms with Gasteiger partial charge in [0.2, 0.25) is 5.91 Å². The Balaban J connectivity index is 1.63. The van der Waals surface area contributed by atoms with Crippen molar-refractivity contribution in [1.82, 2.24) is 25.0 Å². The summed E-state index contributed by atoms with van der Waals surface area (Å²) < 4.78 is 1.73. The minimum Gasteiger partial charge on any atom is -0.284 e. The van der Waals surface area contributed by atoms with Crippen LogP contribution in [0, 0.1) is 18.3 Å². The molecule has 1 aliphatic heterocycles. The topological polar surface area (TPSA) is 76.8 Å². The van der Waals surface area contributed by atoms with Crippen molar-refractivity contribution < 1.29 is 4.79 Å². The molecule has 146 valence electrons. The van der Waals surface area contributed by atoms with Crippen LogP contribution in [0.15, 0.2) is 48.4 Å². The lowest BCUT2D eigenvalue weighted by atomic mass is 9.75. The van der Waals surface area contributed by atoms with Crippen LogP contribution in [0.5, 0.6) is 0 Å². The van der Waals surface area contributed by atoms with E-state index in [1.165, 1.54) is 0 Å². The molecule has 1 atom stereocenters. The Kier molecular flexibility index (Phi) is 3.71. The molecule has 1 aromatic carbocycles. The molecule has 2 aliphatic rings. The van der Waals surface area contributed by atoms with Gasteiger partial charge in [-0.15, -0.1) is 5.10 Å². The maximum Gasteiger partial charge on any atom is 0.237 e. The predicted molar refractivity (Wildman–Crippen MR) is 111 cm³/mol. The molecule has 0 bridgehead atoms. The molecule has 5 rings (SSSR count). The highest BCUT2D eigenvalue weighted by molar-refractivity contribution is 6.05. The zero-order chi connectivity index (χ0) is 20.3. The molecule has 0 spiro atoms. The van der Waals surface area contributed by atoms with Gasteiger partial charge in [0.15, 0.2) is 0 Å². The number of benzene rings is 1. The van der Waals surface area contributed by atoms with Gasteiger partial charge < -0.3 is 0 Å². The van der Waals surface area contributed by atoms with Crippen LogP contribution in [-0.2, 0) is 11.8 Å². The van der Waals surface area contributed by atoms with Crippen LogP contribution in [0.1, 0.15) is 31.7 Å². The van der Waals surface area contributed by atoms with E-state index < -0.39 is 5.41 Å². The predicted octanol–water partition coefficient (Wildman–Crippen LogP) is 3.43. The number of rotatable bonds is 2. The summed E-state index contributed by atoms with van der Waals surface area (Å²) in [5, 5.41) is 8.22. The molecule has 0 saturated carbocycles. The minimum atomic E-state index is -0.475. The smallest absolute Gasteiger partial charge is 0.237 e. The van der Waals surface area contributed by atoms with Crippen LogP contribution >= 0.6 is 0 Å². The summed E-state index contributed by atoms with van der Waals surface area (Å²) in [5.74, 6) is 0.982. The van der Waals surface area contributed by atoms with Crippen LogP contribution < -0.4 is 4.90 Å². The van der Waals surface area contributed by atoms with E-state index in [1.807, 2.05) is 63.3 Å². The van der Waals surface area contributed by atoms with Crippen molar-refractivity contribution in [2.45, 2.75) is 27.2 Å². The van der Waals surface area contributed by atoms with Crippen molar-refractivity contribution in [3.05, 3.63) is 59.8 Å². The van der Waals surface area contributed by atoms with E-state index in [0.29, 0.717) is 0 Å². The number of amides is 1.